The normalized spacial score (nSPS) is 12.1. The number of fused-ring (bicyclic) bond motifs is 2. The molecular formula is C33H33NO. The van der Waals surface area contributed by atoms with Crippen LogP contribution in [0.2, 0.25) is 0 Å². The molecule has 0 saturated carbocycles. The van der Waals surface area contributed by atoms with Crippen molar-refractivity contribution in [2.24, 2.45) is 5.41 Å². The molecule has 0 amide bonds. The number of phenolic OH excluding ortho intramolecular Hbond substituents is 1. The Morgan fingerprint density at radius 1 is 0.771 bits per heavy atom. The first kappa shape index (κ1) is 23.1. The lowest BCUT2D eigenvalue weighted by molar-refractivity contribution is 0.397. The van der Waals surface area contributed by atoms with E-state index in [-0.39, 0.29) is 5.41 Å². The zero-order chi connectivity index (χ0) is 24.7. The van der Waals surface area contributed by atoms with Gasteiger partial charge in [-0.2, -0.15) is 0 Å². The molecule has 0 unspecified atom stereocenters. The van der Waals surface area contributed by atoms with Gasteiger partial charge in [0.05, 0.1) is 5.69 Å². The van der Waals surface area contributed by atoms with Gasteiger partial charge >= 0.3 is 0 Å². The predicted molar refractivity (Wildman–Crippen MR) is 149 cm³/mol. The number of aromatic nitrogens is 1. The van der Waals surface area contributed by atoms with Crippen LogP contribution in [0, 0.1) is 5.41 Å². The molecule has 1 N–H and O–H groups in total. The Bertz CT molecular complexity index is 1520. The Labute approximate surface area is 208 Å². The van der Waals surface area contributed by atoms with Crippen molar-refractivity contribution < 1.29 is 5.11 Å². The topological polar surface area (TPSA) is 33.1 Å². The highest BCUT2D eigenvalue weighted by Crippen LogP contribution is 2.42. The van der Waals surface area contributed by atoms with Crippen molar-refractivity contribution in [3.8, 4) is 28.1 Å². The average molecular weight is 460 g/mol. The summed E-state index contributed by atoms with van der Waals surface area (Å²) in [5.74, 6) is 0.860. The number of aromatic hydroxyl groups is 1. The van der Waals surface area contributed by atoms with Crippen LogP contribution in [-0.4, -0.2) is 10.1 Å². The molecule has 35 heavy (non-hydrogen) atoms. The van der Waals surface area contributed by atoms with Crippen molar-refractivity contribution in [2.75, 3.05) is 0 Å². The van der Waals surface area contributed by atoms with Gasteiger partial charge in [-0.3, -0.25) is 4.98 Å². The minimum atomic E-state index is 0.0467. The summed E-state index contributed by atoms with van der Waals surface area (Å²) in [7, 11) is 0. The first-order valence-corrected chi connectivity index (χ1v) is 12.4. The summed E-state index contributed by atoms with van der Waals surface area (Å²) < 4.78 is 0. The van der Waals surface area contributed by atoms with Crippen LogP contribution >= 0.6 is 0 Å². The maximum atomic E-state index is 11.5. The van der Waals surface area contributed by atoms with Gasteiger partial charge in [-0.05, 0) is 68.8 Å². The lowest BCUT2D eigenvalue weighted by Gasteiger charge is -2.22. The molecule has 2 heteroatoms. The molecular weight excluding hydrogens is 426 g/mol. The summed E-state index contributed by atoms with van der Waals surface area (Å²) >= 11 is 0. The van der Waals surface area contributed by atoms with Gasteiger partial charge in [0.2, 0.25) is 0 Å². The lowest BCUT2D eigenvalue weighted by Crippen LogP contribution is -2.10. The molecule has 176 valence electrons. The number of hydrogen-bond donors (Lipinski definition) is 1. The van der Waals surface area contributed by atoms with Crippen LogP contribution in [0.25, 0.3) is 43.9 Å². The fraction of sp³-hybridized carbons (Fsp3) is 0.242. The van der Waals surface area contributed by atoms with E-state index in [0.29, 0.717) is 11.7 Å². The lowest BCUT2D eigenvalue weighted by atomic mass is 9.84. The summed E-state index contributed by atoms with van der Waals surface area (Å²) in [6, 6.07) is 27.8. The van der Waals surface area contributed by atoms with E-state index in [0.717, 1.165) is 44.8 Å². The van der Waals surface area contributed by atoms with E-state index in [1.165, 1.54) is 16.7 Å². The van der Waals surface area contributed by atoms with Crippen LogP contribution in [0.3, 0.4) is 0 Å². The largest absolute Gasteiger partial charge is 0.507 e. The molecule has 1 heterocycles. The second kappa shape index (κ2) is 8.85. The van der Waals surface area contributed by atoms with Gasteiger partial charge < -0.3 is 5.11 Å². The Kier molecular flexibility index (Phi) is 5.84. The van der Waals surface area contributed by atoms with Crippen molar-refractivity contribution in [1.82, 2.24) is 4.98 Å². The van der Waals surface area contributed by atoms with Crippen LogP contribution in [0.1, 0.15) is 51.7 Å². The van der Waals surface area contributed by atoms with Gasteiger partial charge in [-0.1, -0.05) is 95.3 Å². The summed E-state index contributed by atoms with van der Waals surface area (Å²) in [6.45, 7) is 11.1. The minimum Gasteiger partial charge on any atom is -0.507 e. The van der Waals surface area contributed by atoms with Crippen molar-refractivity contribution in [2.45, 2.75) is 47.0 Å². The number of nitrogens with zero attached hydrogens (tertiary/aromatic N) is 1. The monoisotopic (exact) mass is 459 g/mol. The second-order valence-electron chi connectivity index (χ2n) is 11.1. The fourth-order valence-corrected chi connectivity index (χ4v) is 4.93. The Morgan fingerprint density at radius 2 is 1.46 bits per heavy atom. The molecule has 5 rings (SSSR count). The standard InChI is InChI=1S/C33H33NO/c1-21(2)22-10-12-23(13-11-22)24-14-15-28-26(18-24)16-17-34-31(28)29-19-25-8-6-7-9-27(25)30(32(29)35)20-33(3,4)5/h6-19,21,35H,20H2,1-5H3. The first-order valence-electron chi connectivity index (χ1n) is 12.4. The summed E-state index contributed by atoms with van der Waals surface area (Å²) in [5, 5.41) is 15.9. The highest BCUT2D eigenvalue weighted by Gasteiger charge is 2.21. The predicted octanol–water partition coefficient (Wildman–Crippen LogP) is 9.14. The number of benzene rings is 4. The minimum absolute atomic E-state index is 0.0467. The summed E-state index contributed by atoms with van der Waals surface area (Å²) in [5.41, 5.74) is 6.39. The second-order valence-corrected chi connectivity index (χ2v) is 11.1. The van der Waals surface area contributed by atoms with E-state index in [4.69, 9.17) is 4.98 Å². The third kappa shape index (κ3) is 4.53. The molecule has 0 spiro atoms. The molecule has 0 aliphatic heterocycles. The van der Waals surface area contributed by atoms with Crippen LogP contribution in [-0.2, 0) is 6.42 Å². The molecule has 0 aliphatic carbocycles. The highest BCUT2D eigenvalue weighted by molar-refractivity contribution is 6.01. The first-order chi connectivity index (χ1) is 16.7. The molecule has 5 aromatic rings. The molecule has 0 bridgehead atoms. The Balaban J connectivity index is 1.66. The van der Waals surface area contributed by atoms with Crippen molar-refractivity contribution >= 4 is 21.5 Å². The van der Waals surface area contributed by atoms with E-state index in [1.807, 2.05) is 12.3 Å². The third-order valence-electron chi connectivity index (χ3n) is 6.76. The molecule has 1 aromatic heterocycles. The zero-order valence-corrected chi connectivity index (χ0v) is 21.3. The Hall–Kier alpha value is -3.65. The number of pyridine rings is 1. The molecule has 0 aliphatic rings. The molecule has 0 atom stereocenters. The number of phenols is 1. The fourth-order valence-electron chi connectivity index (χ4n) is 4.93. The average Bonchev–Trinajstić information content (AvgIpc) is 2.84. The summed E-state index contributed by atoms with van der Waals surface area (Å²) in [4.78, 5) is 4.76. The Morgan fingerprint density at radius 3 is 2.17 bits per heavy atom. The van der Waals surface area contributed by atoms with Crippen molar-refractivity contribution in [1.29, 1.82) is 0 Å². The van der Waals surface area contributed by atoms with Gasteiger partial charge in [0, 0.05) is 22.7 Å². The third-order valence-corrected chi connectivity index (χ3v) is 6.76. The van der Waals surface area contributed by atoms with E-state index in [2.05, 4.69) is 107 Å². The molecule has 2 nitrogen and oxygen atoms in total. The smallest absolute Gasteiger partial charge is 0.128 e. The summed E-state index contributed by atoms with van der Waals surface area (Å²) in [6.07, 6.45) is 2.63. The van der Waals surface area contributed by atoms with E-state index < -0.39 is 0 Å². The number of hydrogen-bond acceptors (Lipinski definition) is 2. The molecule has 0 radical (unpaired) electrons. The van der Waals surface area contributed by atoms with Gasteiger partial charge in [0.15, 0.2) is 0 Å². The quantitative estimate of drug-likeness (QED) is 0.291. The van der Waals surface area contributed by atoms with E-state index in [1.54, 1.807) is 0 Å². The maximum Gasteiger partial charge on any atom is 0.128 e. The number of rotatable bonds is 4. The SMILES string of the molecule is CC(C)c1ccc(-c2ccc3c(-c4cc5ccccc5c(CC(C)(C)C)c4O)nccc3c2)cc1. The van der Waals surface area contributed by atoms with E-state index >= 15 is 0 Å². The van der Waals surface area contributed by atoms with Crippen molar-refractivity contribution in [3.05, 3.63) is 96.2 Å². The maximum absolute atomic E-state index is 11.5. The van der Waals surface area contributed by atoms with Crippen LogP contribution in [0.4, 0.5) is 0 Å². The van der Waals surface area contributed by atoms with Crippen LogP contribution in [0.5, 0.6) is 5.75 Å². The molecule has 4 aromatic carbocycles. The van der Waals surface area contributed by atoms with Gasteiger partial charge in [-0.25, -0.2) is 0 Å². The zero-order valence-electron chi connectivity index (χ0n) is 21.3. The van der Waals surface area contributed by atoms with Crippen LogP contribution < -0.4 is 0 Å². The molecule has 0 fully saturated rings. The van der Waals surface area contributed by atoms with Gasteiger partial charge in [0.1, 0.15) is 5.75 Å². The molecule has 0 saturated heterocycles. The van der Waals surface area contributed by atoms with Gasteiger partial charge in [0.25, 0.3) is 0 Å². The highest BCUT2D eigenvalue weighted by atomic mass is 16.3. The van der Waals surface area contributed by atoms with Crippen LogP contribution in [0.15, 0.2) is 85.1 Å². The van der Waals surface area contributed by atoms with E-state index in [9.17, 15) is 5.11 Å². The van der Waals surface area contributed by atoms with Gasteiger partial charge in [-0.15, -0.1) is 0 Å². The van der Waals surface area contributed by atoms with Crippen molar-refractivity contribution in [3.63, 3.8) is 0 Å².